The van der Waals surface area contributed by atoms with Gasteiger partial charge in [-0.3, -0.25) is 9.36 Å². The van der Waals surface area contributed by atoms with Gasteiger partial charge in [-0.05, 0) is 42.0 Å². The summed E-state index contributed by atoms with van der Waals surface area (Å²) in [7, 11) is 0. The van der Waals surface area contributed by atoms with Crippen LogP contribution in [0.25, 0.3) is 0 Å². The zero-order valence-corrected chi connectivity index (χ0v) is 9.90. The smallest absolute Gasteiger partial charge is 0.266 e. The summed E-state index contributed by atoms with van der Waals surface area (Å²) >= 11 is 2.02. The van der Waals surface area contributed by atoms with Crippen molar-refractivity contribution in [3.63, 3.8) is 0 Å². The fourth-order valence-electron chi connectivity index (χ4n) is 1.70. The molecule has 1 aliphatic rings. The standard InChI is InChI=1S/C9H12IN3O/c10-8-4-11-6-13(9(8)14)5-7-2-1-3-12-7/h4,6-7,12H,1-3,5H2. The van der Waals surface area contributed by atoms with E-state index in [1.54, 1.807) is 17.1 Å². The highest BCUT2D eigenvalue weighted by molar-refractivity contribution is 14.1. The lowest BCUT2D eigenvalue weighted by Gasteiger charge is -2.11. The van der Waals surface area contributed by atoms with E-state index in [9.17, 15) is 4.79 Å². The Labute approximate surface area is 95.9 Å². The lowest BCUT2D eigenvalue weighted by atomic mass is 10.2. The van der Waals surface area contributed by atoms with Crippen LogP contribution in [0, 0.1) is 3.57 Å². The summed E-state index contributed by atoms with van der Waals surface area (Å²) in [6, 6.07) is 0.438. The van der Waals surface area contributed by atoms with E-state index in [2.05, 4.69) is 10.3 Å². The first-order chi connectivity index (χ1) is 6.77. The Morgan fingerprint density at radius 2 is 2.57 bits per heavy atom. The molecule has 1 fully saturated rings. The van der Waals surface area contributed by atoms with Crippen molar-refractivity contribution in [2.45, 2.75) is 25.4 Å². The Hall–Kier alpha value is -0.430. The molecule has 0 bridgehead atoms. The summed E-state index contributed by atoms with van der Waals surface area (Å²) in [5.74, 6) is 0. The Bertz CT molecular complexity index is 371. The molecule has 2 rings (SSSR count). The number of hydrogen-bond donors (Lipinski definition) is 1. The van der Waals surface area contributed by atoms with Crippen LogP contribution in [0.4, 0.5) is 0 Å². The van der Waals surface area contributed by atoms with E-state index in [0.717, 1.165) is 19.5 Å². The van der Waals surface area contributed by atoms with Gasteiger partial charge in [-0.2, -0.15) is 0 Å². The molecule has 1 aromatic rings. The molecule has 4 nitrogen and oxygen atoms in total. The highest BCUT2D eigenvalue weighted by Crippen LogP contribution is 2.06. The molecule has 1 N–H and O–H groups in total. The number of halogens is 1. The van der Waals surface area contributed by atoms with Crippen molar-refractivity contribution in [2.75, 3.05) is 6.54 Å². The first-order valence-corrected chi connectivity index (χ1v) is 5.78. The predicted octanol–water partition coefficient (Wildman–Crippen LogP) is 0.600. The van der Waals surface area contributed by atoms with Crippen molar-refractivity contribution in [3.05, 3.63) is 26.4 Å². The largest absolute Gasteiger partial charge is 0.312 e. The van der Waals surface area contributed by atoms with E-state index in [4.69, 9.17) is 0 Å². The molecule has 76 valence electrons. The van der Waals surface area contributed by atoms with E-state index in [0.29, 0.717) is 9.61 Å². The zero-order valence-electron chi connectivity index (χ0n) is 7.74. The van der Waals surface area contributed by atoms with Crippen LogP contribution in [-0.4, -0.2) is 22.1 Å². The third kappa shape index (κ3) is 2.14. The van der Waals surface area contributed by atoms with Crippen LogP contribution in [0.3, 0.4) is 0 Å². The maximum atomic E-state index is 11.6. The van der Waals surface area contributed by atoms with Crippen molar-refractivity contribution in [2.24, 2.45) is 0 Å². The molecule has 1 atom stereocenters. The normalized spacial score (nSPS) is 21.4. The zero-order chi connectivity index (χ0) is 9.97. The highest BCUT2D eigenvalue weighted by Gasteiger charge is 2.15. The van der Waals surface area contributed by atoms with E-state index >= 15 is 0 Å². The number of nitrogens with zero attached hydrogens (tertiary/aromatic N) is 2. The van der Waals surface area contributed by atoms with Crippen LogP contribution >= 0.6 is 22.6 Å². The van der Waals surface area contributed by atoms with E-state index in [-0.39, 0.29) is 5.56 Å². The second kappa shape index (κ2) is 4.39. The Balaban J connectivity index is 2.16. The highest BCUT2D eigenvalue weighted by atomic mass is 127. The summed E-state index contributed by atoms with van der Waals surface area (Å²) in [5.41, 5.74) is 0.0642. The van der Waals surface area contributed by atoms with Crippen molar-refractivity contribution in [1.82, 2.24) is 14.9 Å². The summed E-state index contributed by atoms with van der Waals surface area (Å²) < 4.78 is 2.37. The van der Waals surface area contributed by atoms with Gasteiger partial charge in [0.15, 0.2) is 0 Å². The monoisotopic (exact) mass is 305 g/mol. The minimum absolute atomic E-state index is 0.0642. The molecule has 2 heterocycles. The first kappa shape index (κ1) is 10.1. The topological polar surface area (TPSA) is 46.9 Å². The number of aromatic nitrogens is 2. The van der Waals surface area contributed by atoms with Crippen molar-refractivity contribution in [1.29, 1.82) is 0 Å². The van der Waals surface area contributed by atoms with Crippen LogP contribution in [0.1, 0.15) is 12.8 Å². The van der Waals surface area contributed by atoms with Crippen LogP contribution in [0.15, 0.2) is 17.3 Å². The quantitative estimate of drug-likeness (QED) is 0.814. The van der Waals surface area contributed by atoms with Crippen LogP contribution < -0.4 is 10.9 Å². The van der Waals surface area contributed by atoms with E-state index in [1.807, 2.05) is 22.6 Å². The lowest BCUT2D eigenvalue weighted by Crippen LogP contribution is -2.33. The molecule has 0 aliphatic carbocycles. The van der Waals surface area contributed by atoms with Gasteiger partial charge in [0.25, 0.3) is 5.56 Å². The summed E-state index contributed by atoms with van der Waals surface area (Å²) in [6.07, 6.45) is 5.57. The summed E-state index contributed by atoms with van der Waals surface area (Å²) in [4.78, 5) is 15.7. The van der Waals surface area contributed by atoms with Gasteiger partial charge in [0.05, 0.1) is 9.90 Å². The van der Waals surface area contributed by atoms with Gasteiger partial charge in [-0.1, -0.05) is 0 Å². The second-order valence-electron chi connectivity index (χ2n) is 3.49. The van der Waals surface area contributed by atoms with Crippen LogP contribution in [-0.2, 0) is 6.54 Å². The van der Waals surface area contributed by atoms with Crippen molar-refractivity contribution < 1.29 is 0 Å². The van der Waals surface area contributed by atoms with Crippen molar-refractivity contribution in [3.8, 4) is 0 Å². The number of rotatable bonds is 2. The van der Waals surface area contributed by atoms with Crippen LogP contribution in [0.2, 0.25) is 0 Å². The fraction of sp³-hybridized carbons (Fsp3) is 0.556. The van der Waals surface area contributed by atoms with Gasteiger partial charge < -0.3 is 5.32 Å². The second-order valence-corrected chi connectivity index (χ2v) is 4.65. The molecule has 1 unspecified atom stereocenters. The van der Waals surface area contributed by atoms with Gasteiger partial charge in [-0.25, -0.2) is 4.98 Å². The molecule has 0 radical (unpaired) electrons. The third-order valence-electron chi connectivity index (χ3n) is 2.44. The maximum absolute atomic E-state index is 11.6. The van der Waals surface area contributed by atoms with Gasteiger partial charge in [0.1, 0.15) is 0 Å². The molecule has 0 spiro atoms. The number of hydrogen-bond acceptors (Lipinski definition) is 3. The minimum atomic E-state index is 0.0642. The predicted molar refractivity (Wildman–Crippen MR) is 62.2 cm³/mol. The van der Waals surface area contributed by atoms with Gasteiger partial charge in [0, 0.05) is 18.8 Å². The van der Waals surface area contributed by atoms with Crippen LogP contribution in [0.5, 0.6) is 0 Å². The lowest BCUT2D eigenvalue weighted by molar-refractivity contribution is 0.493. The molecule has 5 heteroatoms. The van der Waals surface area contributed by atoms with Gasteiger partial charge in [-0.15, -0.1) is 0 Å². The minimum Gasteiger partial charge on any atom is -0.312 e. The molecule has 0 saturated carbocycles. The Morgan fingerprint density at radius 3 is 3.29 bits per heavy atom. The average Bonchev–Trinajstić information content (AvgIpc) is 2.66. The fourth-order valence-corrected chi connectivity index (χ4v) is 2.17. The maximum Gasteiger partial charge on any atom is 0.266 e. The van der Waals surface area contributed by atoms with Crippen molar-refractivity contribution >= 4 is 22.6 Å². The molecule has 14 heavy (non-hydrogen) atoms. The molecular formula is C9H12IN3O. The Kier molecular flexibility index (Phi) is 3.17. The SMILES string of the molecule is O=c1c(I)cncn1CC1CCCN1. The molecule has 1 aromatic heterocycles. The number of nitrogens with one attached hydrogen (secondary N) is 1. The molecule has 1 saturated heterocycles. The molecule has 0 amide bonds. The summed E-state index contributed by atoms with van der Waals surface area (Å²) in [5, 5.41) is 3.36. The third-order valence-corrected chi connectivity index (χ3v) is 3.18. The molecule has 0 aromatic carbocycles. The molecule has 1 aliphatic heterocycles. The first-order valence-electron chi connectivity index (χ1n) is 4.70. The van der Waals surface area contributed by atoms with Gasteiger partial charge in [0.2, 0.25) is 0 Å². The van der Waals surface area contributed by atoms with E-state index < -0.39 is 0 Å². The average molecular weight is 305 g/mol. The van der Waals surface area contributed by atoms with E-state index in [1.165, 1.54) is 6.42 Å². The Morgan fingerprint density at radius 1 is 1.71 bits per heavy atom. The summed E-state index contributed by atoms with van der Waals surface area (Å²) in [6.45, 7) is 1.81. The molecular weight excluding hydrogens is 293 g/mol. The van der Waals surface area contributed by atoms with Gasteiger partial charge >= 0.3 is 0 Å².